The molecule has 0 radical (unpaired) electrons. The summed E-state index contributed by atoms with van der Waals surface area (Å²) in [6.45, 7) is 1.73. The number of hydrogen-bond donors (Lipinski definition) is 2. The number of amides is 1. The number of nitrogens with one attached hydrogen (secondary N) is 2. The Morgan fingerprint density at radius 2 is 2.19 bits per heavy atom. The van der Waals surface area contributed by atoms with E-state index in [0.717, 1.165) is 25.2 Å². The maximum Gasteiger partial charge on any atom is 0.255 e. The van der Waals surface area contributed by atoms with Crippen LogP contribution in [0.25, 0.3) is 0 Å². The monoisotopic (exact) mass is 283 g/mol. The van der Waals surface area contributed by atoms with E-state index in [-0.39, 0.29) is 11.5 Å². The topological polar surface area (TPSA) is 63.1 Å². The zero-order valence-electron chi connectivity index (χ0n) is 11.8. The Morgan fingerprint density at radius 1 is 1.33 bits per heavy atom. The van der Waals surface area contributed by atoms with Crippen molar-refractivity contribution in [2.45, 2.75) is 13.0 Å². The third kappa shape index (κ3) is 2.73. The standard InChI is InChI=1S/C16H17N3O2/c1-19-8-6-11(9-15(19)20)16(21)18-14-4-2-3-12-10-17-7-5-13(12)14/h2-4,6,8-9,17H,5,7,10H2,1H3,(H,18,21). The predicted molar refractivity (Wildman–Crippen MR) is 81.5 cm³/mol. The van der Waals surface area contributed by atoms with Crippen molar-refractivity contribution in [2.24, 2.45) is 7.05 Å². The van der Waals surface area contributed by atoms with E-state index in [1.165, 1.54) is 21.8 Å². The van der Waals surface area contributed by atoms with E-state index in [9.17, 15) is 9.59 Å². The lowest BCUT2D eigenvalue weighted by molar-refractivity contribution is 0.102. The molecule has 5 heteroatoms. The number of hydrogen-bond acceptors (Lipinski definition) is 3. The van der Waals surface area contributed by atoms with E-state index in [4.69, 9.17) is 0 Å². The van der Waals surface area contributed by atoms with Gasteiger partial charge in [-0.25, -0.2) is 0 Å². The molecule has 1 aliphatic heterocycles. The van der Waals surface area contributed by atoms with Crippen LogP contribution in [0.1, 0.15) is 21.5 Å². The first-order valence-corrected chi connectivity index (χ1v) is 6.94. The molecule has 2 heterocycles. The van der Waals surface area contributed by atoms with Gasteiger partial charge in [-0.3, -0.25) is 9.59 Å². The van der Waals surface area contributed by atoms with Crippen LogP contribution in [0.2, 0.25) is 0 Å². The smallest absolute Gasteiger partial charge is 0.255 e. The van der Waals surface area contributed by atoms with Crippen LogP contribution >= 0.6 is 0 Å². The second kappa shape index (κ2) is 5.54. The molecule has 0 fully saturated rings. The molecule has 0 saturated heterocycles. The second-order valence-corrected chi connectivity index (χ2v) is 5.19. The first-order valence-electron chi connectivity index (χ1n) is 6.94. The molecule has 0 spiro atoms. The Balaban J connectivity index is 1.88. The van der Waals surface area contributed by atoms with Crippen molar-refractivity contribution >= 4 is 11.6 Å². The number of nitrogens with zero attached hydrogens (tertiary/aromatic N) is 1. The molecule has 5 nitrogen and oxygen atoms in total. The first-order chi connectivity index (χ1) is 10.1. The highest BCUT2D eigenvalue weighted by Crippen LogP contribution is 2.23. The number of carbonyl (C=O) groups is 1. The molecule has 0 atom stereocenters. The molecule has 2 aromatic rings. The van der Waals surface area contributed by atoms with Crippen LogP contribution in [-0.4, -0.2) is 17.0 Å². The molecule has 0 bridgehead atoms. The van der Waals surface area contributed by atoms with Crippen molar-refractivity contribution in [2.75, 3.05) is 11.9 Å². The van der Waals surface area contributed by atoms with Crippen LogP contribution in [0.4, 0.5) is 5.69 Å². The van der Waals surface area contributed by atoms with Gasteiger partial charge in [-0.15, -0.1) is 0 Å². The molecule has 0 aliphatic carbocycles. The number of fused-ring (bicyclic) bond motifs is 1. The number of pyridine rings is 1. The summed E-state index contributed by atoms with van der Waals surface area (Å²) in [6, 6.07) is 8.91. The zero-order valence-corrected chi connectivity index (χ0v) is 11.8. The number of aryl methyl sites for hydroxylation is 1. The first kappa shape index (κ1) is 13.6. The van der Waals surface area contributed by atoms with E-state index < -0.39 is 0 Å². The van der Waals surface area contributed by atoms with Crippen LogP contribution in [0.3, 0.4) is 0 Å². The number of benzene rings is 1. The third-order valence-electron chi connectivity index (χ3n) is 3.75. The van der Waals surface area contributed by atoms with Crippen molar-refractivity contribution in [1.82, 2.24) is 9.88 Å². The van der Waals surface area contributed by atoms with Crippen LogP contribution in [0.5, 0.6) is 0 Å². The molecule has 2 N–H and O–H groups in total. The maximum absolute atomic E-state index is 12.3. The molecule has 108 valence electrons. The number of rotatable bonds is 2. The minimum absolute atomic E-state index is 0.193. The number of carbonyl (C=O) groups excluding carboxylic acids is 1. The van der Waals surface area contributed by atoms with Crippen LogP contribution in [0.15, 0.2) is 41.3 Å². The largest absolute Gasteiger partial charge is 0.322 e. The number of aromatic nitrogens is 1. The molecule has 1 aliphatic rings. The molecule has 1 aromatic heterocycles. The summed E-state index contributed by atoms with van der Waals surface area (Å²) in [5.41, 5.74) is 3.41. The molecular weight excluding hydrogens is 266 g/mol. The van der Waals surface area contributed by atoms with E-state index in [2.05, 4.69) is 16.7 Å². The fourth-order valence-corrected chi connectivity index (χ4v) is 2.53. The summed E-state index contributed by atoms with van der Waals surface area (Å²) >= 11 is 0. The van der Waals surface area contributed by atoms with Gasteiger partial charge in [0.2, 0.25) is 0 Å². The highest BCUT2D eigenvalue weighted by molar-refractivity contribution is 6.04. The van der Waals surface area contributed by atoms with Crippen LogP contribution in [0, 0.1) is 0 Å². The third-order valence-corrected chi connectivity index (χ3v) is 3.75. The lowest BCUT2D eigenvalue weighted by Crippen LogP contribution is -2.25. The van der Waals surface area contributed by atoms with E-state index in [0.29, 0.717) is 5.56 Å². The molecule has 1 amide bonds. The predicted octanol–water partition coefficient (Wildman–Crippen LogP) is 1.28. The van der Waals surface area contributed by atoms with Gasteiger partial charge in [0.1, 0.15) is 0 Å². The fraction of sp³-hybridized carbons (Fsp3) is 0.250. The van der Waals surface area contributed by atoms with Gasteiger partial charge < -0.3 is 15.2 Å². The Morgan fingerprint density at radius 3 is 3.00 bits per heavy atom. The van der Waals surface area contributed by atoms with Crippen molar-refractivity contribution < 1.29 is 4.79 Å². The Hall–Kier alpha value is -2.40. The average molecular weight is 283 g/mol. The molecule has 0 unspecified atom stereocenters. The van der Waals surface area contributed by atoms with Gasteiger partial charge in [0.25, 0.3) is 11.5 Å². The summed E-state index contributed by atoms with van der Waals surface area (Å²) in [5.74, 6) is -0.250. The normalized spacial score (nSPS) is 13.6. The lowest BCUT2D eigenvalue weighted by Gasteiger charge is -2.20. The van der Waals surface area contributed by atoms with Crippen LogP contribution < -0.4 is 16.2 Å². The number of anilines is 1. The summed E-state index contributed by atoms with van der Waals surface area (Å²) in [7, 11) is 1.66. The highest BCUT2D eigenvalue weighted by atomic mass is 16.2. The molecule has 0 saturated carbocycles. The van der Waals surface area contributed by atoms with Crippen LogP contribution in [-0.2, 0) is 20.0 Å². The fourth-order valence-electron chi connectivity index (χ4n) is 2.53. The van der Waals surface area contributed by atoms with E-state index in [1.807, 2.05) is 12.1 Å². The van der Waals surface area contributed by atoms with Crippen molar-refractivity contribution in [3.8, 4) is 0 Å². The summed E-state index contributed by atoms with van der Waals surface area (Å²) in [4.78, 5) is 23.9. The zero-order chi connectivity index (χ0) is 14.8. The van der Waals surface area contributed by atoms with Gasteiger partial charge in [0, 0.05) is 37.1 Å². The molecule has 1 aromatic carbocycles. The minimum atomic E-state index is -0.250. The molecular formula is C16H17N3O2. The van der Waals surface area contributed by atoms with Gasteiger partial charge in [0.15, 0.2) is 0 Å². The molecule has 21 heavy (non-hydrogen) atoms. The van der Waals surface area contributed by atoms with E-state index >= 15 is 0 Å². The highest BCUT2D eigenvalue weighted by Gasteiger charge is 2.15. The van der Waals surface area contributed by atoms with Crippen molar-refractivity contribution in [1.29, 1.82) is 0 Å². The summed E-state index contributed by atoms with van der Waals surface area (Å²) < 4.78 is 1.44. The lowest BCUT2D eigenvalue weighted by atomic mass is 9.99. The van der Waals surface area contributed by atoms with Gasteiger partial charge >= 0.3 is 0 Å². The average Bonchev–Trinajstić information content (AvgIpc) is 2.50. The quantitative estimate of drug-likeness (QED) is 0.873. The minimum Gasteiger partial charge on any atom is -0.322 e. The summed E-state index contributed by atoms with van der Waals surface area (Å²) in [5, 5.41) is 6.23. The van der Waals surface area contributed by atoms with E-state index in [1.54, 1.807) is 19.3 Å². The Kier molecular flexibility index (Phi) is 3.58. The Labute approximate surface area is 122 Å². The maximum atomic E-state index is 12.3. The Bertz CT molecular complexity index is 749. The van der Waals surface area contributed by atoms with Gasteiger partial charge in [-0.1, -0.05) is 12.1 Å². The SMILES string of the molecule is Cn1ccc(C(=O)Nc2cccc3c2CCNC3)cc1=O. The van der Waals surface area contributed by atoms with Gasteiger partial charge in [-0.05, 0) is 36.2 Å². The summed E-state index contributed by atoms with van der Waals surface area (Å²) in [6.07, 6.45) is 2.49. The van der Waals surface area contributed by atoms with Gasteiger partial charge in [-0.2, -0.15) is 0 Å². The van der Waals surface area contributed by atoms with Gasteiger partial charge in [0.05, 0.1) is 0 Å². The second-order valence-electron chi connectivity index (χ2n) is 5.19. The van der Waals surface area contributed by atoms with Crippen molar-refractivity contribution in [3.63, 3.8) is 0 Å². The van der Waals surface area contributed by atoms with Crippen molar-refractivity contribution in [3.05, 3.63) is 63.6 Å². The molecule has 3 rings (SSSR count).